The van der Waals surface area contributed by atoms with Gasteiger partial charge >= 0.3 is 0 Å². The lowest BCUT2D eigenvalue weighted by molar-refractivity contribution is 0.0112. The van der Waals surface area contributed by atoms with Crippen LogP contribution in [0.2, 0.25) is 0 Å². The number of aliphatic hydroxyl groups excluding tert-OH is 3. The molecule has 4 N–H and O–H groups in total. The van der Waals surface area contributed by atoms with Gasteiger partial charge in [-0.2, -0.15) is 0 Å². The number of rotatable bonds is 9. The number of fused-ring (bicyclic) bond motifs is 1. The zero-order chi connectivity index (χ0) is 25.1. The lowest BCUT2D eigenvalue weighted by Crippen LogP contribution is -2.38. The van der Waals surface area contributed by atoms with Crippen LogP contribution >= 0.6 is 0 Å². The number of hydrogen-bond donors (Lipinski definition) is 4. The number of allylic oxidation sites excluding steroid dienone is 3. The average molecular weight is 475 g/mol. The first-order valence-corrected chi connectivity index (χ1v) is 13.8. The molecule has 0 aromatic heterocycles. The highest BCUT2D eigenvalue weighted by Crippen LogP contribution is 2.60. The first-order chi connectivity index (χ1) is 16.0. The highest BCUT2D eigenvalue weighted by molar-refractivity contribution is 5.39. The summed E-state index contributed by atoms with van der Waals surface area (Å²) in [5.41, 5.74) is 3.00. The van der Waals surface area contributed by atoms with Gasteiger partial charge in [0.15, 0.2) is 0 Å². The molecule has 3 aliphatic carbocycles. The standard InChI is InChI=1S/C30H50O4/c1-20(9-6-16-29(3,4)34)25-14-15-26-22(10-7-17-30(25,26)5)12-13-23-19-27(32)24(11-8-18-31)28(33)21(23)2/h12-13,20,24-28,31-34H,2,6-11,14-19H2,1,3-5H3/b22-12-,23-13-/t20-,24-,25-,26+,27-,28-,30-/m1/s1. The molecule has 7 atom stereocenters. The van der Waals surface area contributed by atoms with Gasteiger partial charge in [0.1, 0.15) is 0 Å². The highest BCUT2D eigenvalue weighted by atomic mass is 16.3. The Kier molecular flexibility index (Phi) is 9.28. The summed E-state index contributed by atoms with van der Waals surface area (Å²) in [7, 11) is 0. The number of hydrogen-bond acceptors (Lipinski definition) is 4. The second kappa shape index (κ2) is 11.4. The van der Waals surface area contributed by atoms with E-state index in [0.717, 1.165) is 36.3 Å². The lowest BCUT2D eigenvalue weighted by atomic mass is 9.60. The predicted octanol–water partition coefficient (Wildman–Crippen LogP) is 5.70. The third kappa shape index (κ3) is 6.24. The van der Waals surface area contributed by atoms with Crippen molar-refractivity contribution in [1.82, 2.24) is 0 Å². The van der Waals surface area contributed by atoms with Crippen LogP contribution in [0, 0.1) is 29.1 Å². The third-order valence-corrected chi connectivity index (χ3v) is 9.47. The maximum absolute atomic E-state index is 10.7. The molecule has 4 nitrogen and oxygen atoms in total. The van der Waals surface area contributed by atoms with Crippen molar-refractivity contribution >= 4 is 0 Å². The maximum atomic E-state index is 10.7. The van der Waals surface area contributed by atoms with Crippen molar-refractivity contribution in [3.63, 3.8) is 0 Å². The highest BCUT2D eigenvalue weighted by Gasteiger charge is 2.50. The molecular formula is C30H50O4. The van der Waals surface area contributed by atoms with E-state index in [-0.39, 0.29) is 12.5 Å². The zero-order valence-corrected chi connectivity index (χ0v) is 22.1. The van der Waals surface area contributed by atoms with Gasteiger partial charge in [0, 0.05) is 12.5 Å². The number of aliphatic hydroxyl groups is 4. The van der Waals surface area contributed by atoms with Crippen molar-refractivity contribution in [1.29, 1.82) is 0 Å². The van der Waals surface area contributed by atoms with Gasteiger partial charge in [0.25, 0.3) is 0 Å². The Morgan fingerprint density at radius 2 is 1.91 bits per heavy atom. The van der Waals surface area contributed by atoms with Crippen LogP contribution in [0.3, 0.4) is 0 Å². The molecule has 34 heavy (non-hydrogen) atoms. The van der Waals surface area contributed by atoms with Gasteiger partial charge in [-0.05, 0) is 106 Å². The summed E-state index contributed by atoms with van der Waals surface area (Å²) in [5, 5.41) is 40.6. The predicted molar refractivity (Wildman–Crippen MR) is 139 cm³/mol. The molecule has 3 aliphatic rings. The van der Waals surface area contributed by atoms with Gasteiger partial charge < -0.3 is 20.4 Å². The van der Waals surface area contributed by atoms with E-state index in [9.17, 15) is 15.3 Å². The SMILES string of the molecule is C=C1/C(=C\C=C2\CCC[C@]3(C)[C@@H]([C@H](C)CCCC(C)(C)O)CC[C@@H]23)C[C@@H](O)[C@@H](CCCO)[C@@H]1O. The Morgan fingerprint density at radius 1 is 1.18 bits per heavy atom. The van der Waals surface area contributed by atoms with Crippen molar-refractivity contribution < 1.29 is 20.4 Å². The van der Waals surface area contributed by atoms with Crippen LogP contribution in [0.5, 0.6) is 0 Å². The van der Waals surface area contributed by atoms with Crippen LogP contribution in [-0.2, 0) is 0 Å². The minimum Gasteiger partial charge on any atom is -0.396 e. The molecule has 4 heteroatoms. The first-order valence-electron chi connectivity index (χ1n) is 13.8. The Morgan fingerprint density at radius 3 is 2.59 bits per heavy atom. The summed E-state index contributed by atoms with van der Waals surface area (Å²) in [6, 6.07) is 0. The summed E-state index contributed by atoms with van der Waals surface area (Å²) in [5.74, 6) is 1.78. The molecule has 194 valence electrons. The fraction of sp³-hybridized carbons (Fsp3) is 0.800. The quantitative estimate of drug-likeness (QED) is 0.345. The van der Waals surface area contributed by atoms with Crippen LogP contribution in [0.15, 0.2) is 35.5 Å². The van der Waals surface area contributed by atoms with Gasteiger partial charge in [-0.1, -0.05) is 51.0 Å². The van der Waals surface area contributed by atoms with Gasteiger partial charge in [0.05, 0.1) is 17.8 Å². The molecule has 3 rings (SSSR count). The minimum absolute atomic E-state index is 0.0798. The molecule has 3 fully saturated rings. The molecule has 0 amide bonds. The summed E-state index contributed by atoms with van der Waals surface area (Å²) >= 11 is 0. The second-order valence-electron chi connectivity index (χ2n) is 12.5. The molecule has 0 aromatic carbocycles. The van der Waals surface area contributed by atoms with E-state index >= 15 is 0 Å². The molecule has 0 bridgehead atoms. The van der Waals surface area contributed by atoms with E-state index in [1.54, 1.807) is 0 Å². The fourth-order valence-corrected chi connectivity index (χ4v) is 7.50. The van der Waals surface area contributed by atoms with E-state index in [1.807, 2.05) is 13.8 Å². The summed E-state index contributed by atoms with van der Waals surface area (Å²) in [6.45, 7) is 13.0. The normalized spacial score (nSPS) is 37.9. The van der Waals surface area contributed by atoms with E-state index in [4.69, 9.17) is 5.11 Å². The summed E-state index contributed by atoms with van der Waals surface area (Å²) < 4.78 is 0. The second-order valence-corrected chi connectivity index (χ2v) is 12.5. The van der Waals surface area contributed by atoms with Gasteiger partial charge in [-0.3, -0.25) is 0 Å². The Balaban J connectivity index is 1.69. The van der Waals surface area contributed by atoms with E-state index in [0.29, 0.717) is 36.5 Å². The van der Waals surface area contributed by atoms with E-state index in [1.165, 1.54) is 37.7 Å². The van der Waals surface area contributed by atoms with E-state index < -0.39 is 17.8 Å². The fourth-order valence-electron chi connectivity index (χ4n) is 7.50. The smallest absolute Gasteiger partial charge is 0.0839 e. The molecule has 0 heterocycles. The van der Waals surface area contributed by atoms with Crippen LogP contribution in [-0.4, -0.2) is 44.8 Å². The molecular weight excluding hydrogens is 424 g/mol. The third-order valence-electron chi connectivity index (χ3n) is 9.47. The Hall–Kier alpha value is -0.940. The average Bonchev–Trinajstić information content (AvgIpc) is 3.12. The van der Waals surface area contributed by atoms with Crippen LogP contribution in [0.1, 0.15) is 98.3 Å². The summed E-state index contributed by atoms with van der Waals surface area (Å²) in [6.07, 6.45) is 14.2. The van der Waals surface area contributed by atoms with Crippen molar-refractivity contribution in [2.45, 2.75) is 116 Å². The van der Waals surface area contributed by atoms with Crippen molar-refractivity contribution in [2.75, 3.05) is 6.61 Å². The van der Waals surface area contributed by atoms with Crippen molar-refractivity contribution in [3.05, 3.63) is 35.5 Å². The van der Waals surface area contributed by atoms with Crippen LogP contribution in [0.4, 0.5) is 0 Å². The maximum Gasteiger partial charge on any atom is 0.0839 e. The monoisotopic (exact) mass is 474 g/mol. The zero-order valence-electron chi connectivity index (χ0n) is 22.1. The topological polar surface area (TPSA) is 80.9 Å². The van der Waals surface area contributed by atoms with Crippen LogP contribution < -0.4 is 0 Å². The Bertz CT molecular complexity index is 760. The molecule has 0 aliphatic heterocycles. The van der Waals surface area contributed by atoms with Gasteiger partial charge in [-0.15, -0.1) is 0 Å². The lowest BCUT2D eigenvalue weighted by Gasteiger charge is -2.44. The molecule has 0 aromatic rings. The molecule has 0 radical (unpaired) electrons. The minimum atomic E-state index is -0.739. The van der Waals surface area contributed by atoms with Crippen molar-refractivity contribution in [2.24, 2.45) is 29.1 Å². The molecule has 0 spiro atoms. The van der Waals surface area contributed by atoms with Gasteiger partial charge in [-0.25, -0.2) is 0 Å². The molecule has 3 saturated carbocycles. The van der Waals surface area contributed by atoms with Crippen molar-refractivity contribution in [3.8, 4) is 0 Å². The van der Waals surface area contributed by atoms with Crippen LogP contribution in [0.25, 0.3) is 0 Å². The Labute approximate surface area is 207 Å². The van der Waals surface area contributed by atoms with E-state index in [2.05, 4.69) is 32.6 Å². The van der Waals surface area contributed by atoms with Gasteiger partial charge in [0.2, 0.25) is 0 Å². The largest absolute Gasteiger partial charge is 0.396 e. The summed E-state index contributed by atoms with van der Waals surface area (Å²) in [4.78, 5) is 0. The molecule has 0 saturated heterocycles. The molecule has 0 unspecified atom stereocenters. The first kappa shape index (κ1) is 27.6.